The lowest BCUT2D eigenvalue weighted by Crippen LogP contribution is -2.25. The van der Waals surface area contributed by atoms with E-state index in [4.69, 9.17) is 0 Å². The molecule has 0 aliphatic carbocycles. The monoisotopic (exact) mass is 156 g/mol. The molecule has 0 spiro atoms. The number of hydrogen-bond donors (Lipinski definition) is 0. The Kier molecular flexibility index (Phi) is 5.90. The minimum absolute atomic E-state index is 0.216. The Morgan fingerprint density at radius 1 is 1.45 bits per heavy atom. The maximum Gasteiger partial charge on any atom is 0.222 e. The quantitative estimate of drug-likeness (QED) is 0.556. The third kappa shape index (κ3) is 4.82. The van der Waals surface area contributed by atoms with Crippen molar-refractivity contribution < 1.29 is 4.79 Å². The van der Waals surface area contributed by atoms with Crippen molar-refractivity contribution in [3.8, 4) is 0 Å². The highest BCUT2D eigenvalue weighted by Gasteiger charge is 2.04. The number of carbonyl (C=O) groups excluding carboxylic acids is 1. The fraction of sp³-hybridized carbons (Fsp3) is 0.778. The molecule has 0 rings (SSSR count). The summed E-state index contributed by atoms with van der Waals surface area (Å²) < 4.78 is 0. The van der Waals surface area contributed by atoms with Crippen LogP contribution in [-0.4, -0.2) is 24.4 Å². The highest BCUT2D eigenvalue weighted by atomic mass is 16.2. The Balaban J connectivity index is 3.36. The van der Waals surface area contributed by atoms with Gasteiger partial charge in [0.15, 0.2) is 0 Å². The topological polar surface area (TPSA) is 20.3 Å². The first kappa shape index (κ1) is 10.5. The Hall–Kier alpha value is -0.530. The molecule has 2 nitrogen and oxygen atoms in total. The van der Waals surface area contributed by atoms with Gasteiger partial charge in [0.1, 0.15) is 0 Å². The van der Waals surface area contributed by atoms with Crippen molar-refractivity contribution in [3.63, 3.8) is 0 Å². The maximum atomic E-state index is 11.1. The van der Waals surface area contributed by atoms with Crippen LogP contribution in [0.1, 0.15) is 32.6 Å². The van der Waals surface area contributed by atoms with Gasteiger partial charge < -0.3 is 4.90 Å². The van der Waals surface area contributed by atoms with Crippen molar-refractivity contribution in [2.75, 3.05) is 13.6 Å². The standard InChI is InChI=1S/C9H18NO/c1-4-6-7-8-9(11)10(3)5-2/h2,4-8H2,1,3H3. The third-order valence-corrected chi connectivity index (χ3v) is 1.76. The zero-order chi connectivity index (χ0) is 8.69. The van der Waals surface area contributed by atoms with E-state index in [2.05, 4.69) is 13.8 Å². The van der Waals surface area contributed by atoms with E-state index in [1.54, 1.807) is 11.9 Å². The molecule has 1 radical (unpaired) electrons. The second-order valence-electron chi connectivity index (χ2n) is 2.77. The molecular formula is C9H18NO. The molecule has 0 aliphatic rings. The lowest BCUT2D eigenvalue weighted by atomic mass is 10.2. The van der Waals surface area contributed by atoms with E-state index in [0.717, 1.165) is 12.8 Å². The number of amides is 1. The van der Waals surface area contributed by atoms with Crippen LogP contribution in [0, 0.1) is 6.92 Å². The highest BCUT2D eigenvalue weighted by Crippen LogP contribution is 2.01. The second kappa shape index (κ2) is 6.20. The van der Waals surface area contributed by atoms with Crippen molar-refractivity contribution in [1.29, 1.82) is 0 Å². The van der Waals surface area contributed by atoms with E-state index in [-0.39, 0.29) is 5.91 Å². The summed E-state index contributed by atoms with van der Waals surface area (Å²) in [5.74, 6) is 0.216. The average molecular weight is 156 g/mol. The molecule has 0 saturated heterocycles. The van der Waals surface area contributed by atoms with E-state index in [0.29, 0.717) is 13.0 Å². The summed E-state index contributed by atoms with van der Waals surface area (Å²) in [6.45, 7) is 6.35. The predicted octanol–water partition coefficient (Wildman–Crippen LogP) is 1.86. The van der Waals surface area contributed by atoms with Gasteiger partial charge in [-0.3, -0.25) is 4.79 Å². The smallest absolute Gasteiger partial charge is 0.222 e. The molecule has 0 unspecified atom stereocenters. The van der Waals surface area contributed by atoms with E-state index < -0.39 is 0 Å². The van der Waals surface area contributed by atoms with Gasteiger partial charge in [-0.25, -0.2) is 0 Å². The van der Waals surface area contributed by atoms with Crippen LogP contribution in [0.5, 0.6) is 0 Å². The van der Waals surface area contributed by atoms with Crippen LogP contribution in [0.4, 0.5) is 0 Å². The van der Waals surface area contributed by atoms with Crippen molar-refractivity contribution in [1.82, 2.24) is 4.90 Å². The molecule has 0 bridgehead atoms. The lowest BCUT2D eigenvalue weighted by Gasteiger charge is -2.13. The maximum absolute atomic E-state index is 11.1. The number of rotatable bonds is 5. The van der Waals surface area contributed by atoms with E-state index >= 15 is 0 Å². The van der Waals surface area contributed by atoms with Gasteiger partial charge in [-0.1, -0.05) is 19.8 Å². The zero-order valence-corrected chi connectivity index (χ0v) is 7.60. The van der Waals surface area contributed by atoms with Crippen LogP contribution in [0.2, 0.25) is 0 Å². The van der Waals surface area contributed by atoms with Crippen LogP contribution >= 0.6 is 0 Å². The molecule has 0 N–H and O–H groups in total. The summed E-state index contributed by atoms with van der Waals surface area (Å²) >= 11 is 0. The number of hydrogen-bond acceptors (Lipinski definition) is 1. The summed E-state index contributed by atoms with van der Waals surface area (Å²) in [6, 6.07) is 0. The fourth-order valence-corrected chi connectivity index (χ4v) is 0.842. The molecule has 0 saturated carbocycles. The van der Waals surface area contributed by atoms with Crippen LogP contribution in [0.15, 0.2) is 0 Å². The van der Waals surface area contributed by atoms with Gasteiger partial charge in [-0.05, 0) is 13.3 Å². The summed E-state index contributed by atoms with van der Waals surface area (Å²) in [5.41, 5.74) is 0. The molecule has 0 atom stereocenters. The van der Waals surface area contributed by atoms with Crippen LogP contribution < -0.4 is 0 Å². The Morgan fingerprint density at radius 3 is 2.55 bits per heavy atom. The first-order valence-electron chi connectivity index (χ1n) is 4.25. The van der Waals surface area contributed by atoms with Crippen LogP contribution in [0.3, 0.4) is 0 Å². The van der Waals surface area contributed by atoms with Gasteiger partial charge in [-0.15, -0.1) is 0 Å². The molecule has 11 heavy (non-hydrogen) atoms. The van der Waals surface area contributed by atoms with Gasteiger partial charge in [-0.2, -0.15) is 0 Å². The zero-order valence-electron chi connectivity index (χ0n) is 7.60. The number of nitrogens with zero attached hydrogens (tertiary/aromatic N) is 1. The number of unbranched alkanes of at least 4 members (excludes halogenated alkanes) is 2. The average Bonchev–Trinajstić information content (AvgIpc) is 2.03. The van der Waals surface area contributed by atoms with Gasteiger partial charge in [0.2, 0.25) is 5.91 Å². The summed E-state index contributed by atoms with van der Waals surface area (Å²) in [6.07, 6.45) is 4.01. The van der Waals surface area contributed by atoms with Gasteiger partial charge >= 0.3 is 0 Å². The number of carbonyl (C=O) groups is 1. The predicted molar refractivity (Wildman–Crippen MR) is 47.1 cm³/mol. The molecule has 0 heterocycles. The lowest BCUT2D eigenvalue weighted by molar-refractivity contribution is -0.129. The normalized spacial score (nSPS) is 9.73. The molecule has 0 aromatic heterocycles. The fourth-order valence-electron chi connectivity index (χ4n) is 0.842. The molecule has 65 valence electrons. The van der Waals surface area contributed by atoms with Crippen LogP contribution in [-0.2, 0) is 4.79 Å². The van der Waals surface area contributed by atoms with Gasteiger partial charge in [0.25, 0.3) is 0 Å². The Bertz CT molecular complexity index is 112. The summed E-state index contributed by atoms with van der Waals surface area (Å²) in [4.78, 5) is 12.8. The summed E-state index contributed by atoms with van der Waals surface area (Å²) in [5, 5.41) is 0. The van der Waals surface area contributed by atoms with Crippen molar-refractivity contribution in [2.45, 2.75) is 32.6 Å². The minimum atomic E-state index is 0.216. The molecule has 2 heteroatoms. The van der Waals surface area contributed by atoms with E-state index in [9.17, 15) is 4.79 Å². The highest BCUT2D eigenvalue weighted by molar-refractivity contribution is 5.75. The first-order chi connectivity index (χ1) is 5.22. The first-order valence-corrected chi connectivity index (χ1v) is 4.25. The molecular weight excluding hydrogens is 138 g/mol. The van der Waals surface area contributed by atoms with Crippen LogP contribution in [0.25, 0.3) is 0 Å². The molecule has 0 aliphatic heterocycles. The summed E-state index contributed by atoms with van der Waals surface area (Å²) in [7, 11) is 1.79. The Labute approximate surface area is 69.6 Å². The SMILES string of the molecule is [CH2]CN(C)C(=O)CCCCC. The Morgan fingerprint density at radius 2 is 2.09 bits per heavy atom. The molecule has 0 fully saturated rings. The van der Waals surface area contributed by atoms with E-state index in [1.807, 2.05) is 0 Å². The second-order valence-corrected chi connectivity index (χ2v) is 2.77. The minimum Gasteiger partial charge on any atom is -0.346 e. The van der Waals surface area contributed by atoms with E-state index in [1.165, 1.54) is 6.42 Å². The molecule has 1 amide bonds. The van der Waals surface area contributed by atoms with Crippen molar-refractivity contribution in [2.24, 2.45) is 0 Å². The van der Waals surface area contributed by atoms with Gasteiger partial charge in [0.05, 0.1) is 0 Å². The third-order valence-electron chi connectivity index (χ3n) is 1.76. The van der Waals surface area contributed by atoms with Gasteiger partial charge in [0, 0.05) is 20.0 Å². The van der Waals surface area contributed by atoms with Crippen molar-refractivity contribution >= 4 is 5.91 Å². The molecule has 0 aromatic carbocycles. The largest absolute Gasteiger partial charge is 0.346 e. The van der Waals surface area contributed by atoms with Crippen molar-refractivity contribution in [3.05, 3.63) is 6.92 Å². The molecule has 0 aromatic rings.